The fourth-order valence-electron chi connectivity index (χ4n) is 1.80. The van der Waals surface area contributed by atoms with Gasteiger partial charge < -0.3 is 20.3 Å². The number of para-hydroxylation sites is 1. The van der Waals surface area contributed by atoms with Crippen LogP contribution in [0.15, 0.2) is 47.6 Å². The topological polar surface area (TPSA) is 103 Å². The number of phenols is 2. The Balaban J connectivity index is 1.89. The standard InChI is InChI=1S/C16H17N3O4/c1-23-14-8-11(7-13(20)16(14)22)9-18-19-15(21)10-17-12-5-3-2-4-6-12/h2-9,17,20,22H,10H2,1H3,(H,19,21)/b18-9+. The smallest absolute Gasteiger partial charge is 0.259 e. The number of nitrogens with one attached hydrogen (secondary N) is 2. The highest BCUT2D eigenvalue weighted by Crippen LogP contribution is 2.35. The lowest BCUT2D eigenvalue weighted by atomic mass is 10.2. The Bertz CT molecular complexity index is 702. The van der Waals surface area contributed by atoms with Gasteiger partial charge in [0.25, 0.3) is 5.91 Å². The van der Waals surface area contributed by atoms with Crippen molar-refractivity contribution >= 4 is 17.8 Å². The summed E-state index contributed by atoms with van der Waals surface area (Å²) in [5, 5.41) is 25.8. The van der Waals surface area contributed by atoms with E-state index in [1.807, 2.05) is 30.3 Å². The van der Waals surface area contributed by atoms with Crippen molar-refractivity contribution in [3.8, 4) is 17.2 Å². The first kappa shape index (κ1) is 16.2. The van der Waals surface area contributed by atoms with Crippen LogP contribution in [0.5, 0.6) is 17.2 Å². The summed E-state index contributed by atoms with van der Waals surface area (Å²) in [6.07, 6.45) is 1.34. The first-order valence-electron chi connectivity index (χ1n) is 6.81. The second kappa shape index (κ2) is 7.69. The third-order valence-corrected chi connectivity index (χ3v) is 2.93. The molecule has 7 nitrogen and oxygen atoms in total. The zero-order chi connectivity index (χ0) is 16.7. The third kappa shape index (κ3) is 4.63. The van der Waals surface area contributed by atoms with Crippen molar-refractivity contribution in [1.82, 2.24) is 5.43 Å². The molecule has 0 radical (unpaired) electrons. The average molecular weight is 315 g/mol. The molecule has 2 aromatic carbocycles. The fraction of sp³-hybridized carbons (Fsp3) is 0.125. The van der Waals surface area contributed by atoms with Gasteiger partial charge in [0.1, 0.15) is 0 Å². The normalized spacial score (nSPS) is 10.5. The summed E-state index contributed by atoms with van der Waals surface area (Å²) in [6.45, 7) is 0.0749. The molecule has 1 amide bonds. The number of amides is 1. The van der Waals surface area contributed by atoms with Gasteiger partial charge in [-0.2, -0.15) is 5.10 Å². The molecular weight excluding hydrogens is 298 g/mol. The lowest BCUT2D eigenvalue weighted by molar-refractivity contribution is -0.119. The molecule has 0 bridgehead atoms. The predicted molar refractivity (Wildman–Crippen MR) is 87.0 cm³/mol. The first-order chi connectivity index (χ1) is 11.1. The average Bonchev–Trinajstić information content (AvgIpc) is 2.57. The molecule has 7 heteroatoms. The number of anilines is 1. The van der Waals surface area contributed by atoms with E-state index in [0.717, 1.165) is 5.69 Å². The summed E-state index contributed by atoms with van der Waals surface area (Å²) >= 11 is 0. The van der Waals surface area contributed by atoms with Gasteiger partial charge in [0.05, 0.1) is 19.9 Å². The molecule has 0 aromatic heterocycles. The van der Waals surface area contributed by atoms with Crippen LogP contribution in [0.4, 0.5) is 5.69 Å². The Kier molecular flexibility index (Phi) is 5.40. The Hall–Kier alpha value is -3.22. The van der Waals surface area contributed by atoms with Gasteiger partial charge in [-0.1, -0.05) is 18.2 Å². The van der Waals surface area contributed by atoms with Crippen LogP contribution >= 0.6 is 0 Å². The summed E-state index contributed by atoms with van der Waals surface area (Å²) in [5.41, 5.74) is 3.66. The number of carbonyl (C=O) groups is 1. The summed E-state index contributed by atoms with van der Waals surface area (Å²) in [6, 6.07) is 12.1. The van der Waals surface area contributed by atoms with Gasteiger partial charge >= 0.3 is 0 Å². The Morgan fingerprint density at radius 3 is 2.70 bits per heavy atom. The van der Waals surface area contributed by atoms with E-state index in [2.05, 4.69) is 15.8 Å². The van der Waals surface area contributed by atoms with Crippen molar-refractivity contribution in [2.75, 3.05) is 19.0 Å². The van der Waals surface area contributed by atoms with E-state index < -0.39 is 0 Å². The Labute approximate surface area is 133 Å². The SMILES string of the molecule is COc1cc(/C=N/NC(=O)CNc2ccccc2)cc(O)c1O. The van der Waals surface area contributed by atoms with Crippen molar-refractivity contribution in [2.45, 2.75) is 0 Å². The van der Waals surface area contributed by atoms with Crippen LogP contribution in [0, 0.1) is 0 Å². The van der Waals surface area contributed by atoms with E-state index in [4.69, 9.17) is 4.74 Å². The number of phenolic OH excluding ortho intramolecular Hbond substituents is 2. The monoisotopic (exact) mass is 315 g/mol. The zero-order valence-corrected chi connectivity index (χ0v) is 12.5. The van der Waals surface area contributed by atoms with Gasteiger partial charge in [-0.25, -0.2) is 5.43 Å². The highest BCUT2D eigenvalue weighted by molar-refractivity contribution is 5.85. The van der Waals surface area contributed by atoms with Crippen LogP contribution in [0.25, 0.3) is 0 Å². The number of rotatable bonds is 6. The minimum atomic E-state index is -0.347. The molecule has 0 saturated carbocycles. The van der Waals surface area contributed by atoms with Gasteiger partial charge in [-0.3, -0.25) is 4.79 Å². The van der Waals surface area contributed by atoms with Crippen LogP contribution in [-0.4, -0.2) is 36.0 Å². The maximum Gasteiger partial charge on any atom is 0.259 e. The maximum atomic E-state index is 11.6. The summed E-state index contributed by atoms with van der Waals surface area (Å²) in [4.78, 5) is 11.6. The van der Waals surface area contributed by atoms with E-state index in [9.17, 15) is 15.0 Å². The molecule has 0 unspecified atom stereocenters. The quantitative estimate of drug-likeness (QED) is 0.369. The number of hydrogen-bond donors (Lipinski definition) is 4. The number of hydrazone groups is 1. The molecule has 0 heterocycles. The molecule has 0 saturated heterocycles. The van der Waals surface area contributed by atoms with Crippen molar-refractivity contribution in [3.63, 3.8) is 0 Å². The molecule has 2 aromatic rings. The molecular formula is C16H17N3O4. The summed E-state index contributed by atoms with van der Waals surface area (Å²) in [5.74, 6) is -0.882. The van der Waals surface area contributed by atoms with Gasteiger partial charge in [-0.05, 0) is 24.3 Å². The number of carbonyl (C=O) groups excluding carboxylic acids is 1. The second-order valence-corrected chi connectivity index (χ2v) is 4.60. The van der Waals surface area contributed by atoms with E-state index in [-0.39, 0.29) is 29.7 Å². The third-order valence-electron chi connectivity index (χ3n) is 2.93. The number of ether oxygens (including phenoxy) is 1. The van der Waals surface area contributed by atoms with Crippen LogP contribution in [0.2, 0.25) is 0 Å². The molecule has 0 spiro atoms. The molecule has 0 atom stereocenters. The number of methoxy groups -OCH3 is 1. The van der Waals surface area contributed by atoms with Crippen LogP contribution < -0.4 is 15.5 Å². The molecule has 4 N–H and O–H groups in total. The van der Waals surface area contributed by atoms with Crippen LogP contribution in [-0.2, 0) is 4.79 Å². The molecule has 0 aliphatic heterocycles. The minimum absolute atomic E-state index is 0.0749. The summed E-state index contributed by atoms with van der Waals surface area (Å²) in [7, 11) is 1.37. The number of aromatic hydroxyl groups is 2. The van der Waals surface area contributed by atoms with Crippen molar-refractivity contribution in [1.29, 1.82) is 0 Å². The van der Waals surface area contributed by atoms with Gasteiger partial charge in [0.15, 0.2) is 11.5 Å². The summed E-state index contributed by atoms with van der Waals surface area (Å²) < 4.78 is 4.91. The van der Waals surface area contributed by atoms with Crippen LogP contribution in [0.3, 0.4) is 0 Å². The largest absolute Gasteiger partial charge is 0.504 e. The lowest BCUT2D eigenvalue weighted by Crippen LogP contribution is -2.25. The second-order valence-electron chi connectivity index (χ2n) is 4.60. The highest BCUT2D eigenvalue weighted by atomic mass is 16.5. The highest BCUT2D eigenvalue weighted by Gasteiger charge is 2.08. The van der Waals surface area contributed by atoms with Gasteiger partial charge in [-0.15, -0.1) is 0 Å². The molecule has 0 aliphatic carbocycles. The number of hydrogen-bond acceptors (Lipinski definition) is 6. The lowest BCUT2D eigenvalue weighted by Gasteiger charge is -2.06. The van der Waals surface area contributed by atoms with E-state index >= 15 is 0 Å². The van der Waals surface area contributed by atoms with Crippen molar-refractivity contribution in [3.05, 3.63) is 48.0 Å². The first-order valence-corrected chi connectivity index (χ1v) is 6.81. The number of nitrogens with zero attached hydrogens (tertiary/aromatic N) is 1. The van der Waals surface area contributed by atoms with Crippen LogP contribution in [0.1, 0.15) is 5.56 Å². The Morgan fingerprint density at radius 2 is 2.00 bits per heavy atom. The number of benzene rings is 2. The molecule has 23 heavy (non-hydrogen) atoms. The molecule has 120 valence electrons. The molecule has 2 rings (SSSR count). The van der Waals surface area contributed by atoms with Crippen molar-refractivity contribution < 1.29 is 19.7 Å². The molecule has 0 fully saturated rings. The molecule has 0 aliphatic rings. The minimum Gasteiger partial charge on any atom is -0.504 e. The maximum absolute atomic E-state index is 11.6. The van der Waals surface area contributed by atoms with E-state index in [1.54, 1.807) is 0 Å². The van der Waals surface area contributed by atoms with E-state index in [1.165, 1.54) is 25.5 Å². The Morgan fingerprint density at radius 1 is 1.26 bits per heavy atom. The van der Waals surface area contributed by atoms with Gasteiger partial charge in [0.2, 0.25) is 5.75 Å². The zero-order valence-electron chi connectivity index (χ0n) is 12.5. The predicted octanol–water partition coefficient (Wildman–Crippen LogP) is 1.67. The van der Waals surface area contributed by atoms with Crippen molar-refractivity contribution in [2.24, 2.45) is 5.10 Å². The van der Waals surface area contributed by atoms with Gasteiger partial charge in [0, 0.05) is 11.3 Å². The van der Waals surface area contributed by atoms with E-state index in [0.29, 0.717) is 5.56 Å². The fourth-order valence-corrected chi connectivity index (χ4v) is 1.80.